The third-order valence-electron chi connectivity index (χ3n) is 1.56. The maximum Gasteiger partial charge on any atom is 0.0305 e. The first-order chi connectivity index (χ1) is 6.25. The number of hydrogen-bond acceptors (Lipinski definition) is 0. The Morgan fingerprint density at radius 1 is 1.75 bits per heavy atom. The third-order valence-corrected chi connectivity index (χ3v) is 1.56. The summed E-state index contributed by atoms with van der Waals surface area (Å²) in [6, 6.07) is 0. The number of rotatable bonds is 0. The van der Waals surface area contributed by atoms with Crippen molar-refractivity contribution in [1.82, 2.24) is 0 Å². The first kappa shape index (κ1) is 1.74. The van der Waals surface area contributed by atoms with Crippen molar-refractivity contribution in [3.05, 3.63) is 0 Å². The summed E-state index contributed by atoms with van der Waals surface area (Å²) in [5, 5.41) is 0. The van der Waals surface area contributed by atoms with Gasteiger partial charge in [-0.05, 0) is 17.7 Å². The second-order valence-corrected chi connectivity index (χ2v) is 2.62. The van der Waals surface area contributed by atoms with Gasteiger partial charge < -0.3 is 0 Å². The van der Waals surface area contributed by atoms with E-state index in [2.05, 4.69) is 0 Å². The molecule has 0 amide bonds. The summed E-state index contributed by atoms with van der Waals surface area (Å²) in [5.74, 6) is -1.81. The molecule has 1 atom stereocenters. The minimum Gasteiger partial charge on any atom is -0.0620 e. The zero-order chi connectivity index (χ0) is 12.5. The molecule has 1 aliphatic rings. The summed E-state index contributed by atoms with van der Waals surface area (Å²) in [5.41, 5.74) is -1.40. The van der Waals surface area contributed by atoms with Gasteiger partial charge in [-0.1, -0.05) is 33.5 Å². The minimum atomic E-state index is -2.67. The lowest BCUT2D eigenvalue weighted by Gasteiger charge is -2.22. The average Bonchev–Trinajstić information content (AvgIpc) is 2.04. The van der Waals surface area contributed by atoms with Gasteiger partial charge in [-0.2, -0.15) is 0 Å². The summed E-state index contributed by atoms with van der Waals surface area (Å²) >= 11 is 0. The first-order valence-electron chi connectivity index (χ1n) is 6.25. The molecule has 0 radical (unpaired) electrons. The Morgan fingerprint density at radius 3 is 2.50 bits per heavy atom. The molecule has 0 aliphatic heterocycles. The van der Waals surface area contributed by atoms with Crippen molar-refractivity contribution in [3.63, 3.8) is 0 Å². The van der Waals surface area contributed by atoms with E-state index in [0.717, 1.165) is 0 Å². The van der Waals surface area contributed by atoms with Crippen LogP contribution in [0, 0.1) is 11.3 Å². The van der Waals surface area contributed by atoms with Gasteiger partial charge in [0.2, 0.25) is 0 Å². The van der Waals surface area contributed by atoms with E-state index in [9.17, 15) is 0 Å². The average molecular weight is 119 g/mol. The fourth-order valence-electron chi connectivity index (χ4n) is 0.531. The molecule has 1 rings (SSSR count). The van der Waals surface area contributed by atoms with Crippen LogP contribution >= 0.6 is 0 Å². The predicted octanol–water partition coefficient (Wildman–Crippen LogP) is 2.83. The predicted molar refractivity (Wildman–Crippen MR) is 36.8 cm³/mol. The zero-order valence-electron chi connectivity index (χ0n) is 12.5. The summed E-state index contributed by atoms with van der Waals surface area (Å²) < 4.78 is 54.0. The van der Waals surface area contributed by atoms with E-state index in [1.807, 2.05) is 0 Å². The first-order valence-corrected chi connectivity index (χ1v) is 2.75. The smallest absolute Gasteiger partial charge is 0.0305 e. The van der Waals surface area contributed by atoms with Crippen LogP contribution in [0.15, 0.2) is 0 Å². The largest absolute Gasteiger partial charge is 0.0620 e. The molecule has 0 aromatic carbocycles. The Bertz CT molecular complexity index is 200. The fourth-order valence-corrected chi connectivity index (χ4v) is 0.531. The lowest BCUT2D eigenvalue weighted by atomic mass is 9.83. The molecule has 1 fully saturated rings. The fraction of sp³-hybridized carbons (Fsp3) is 1.00. The van der Waals surface area contributed by atoms with Crippen molar-refractivity contribution < 1.29 is 9.60 Å². The van der Waals surface area contributed by atoms with Crippen LogP contribution < -0.4 is 0 Å². The van der Waals surface area contributed by atoms with Crippen molar-refractivity contribution in [2.45, 2.75) is 39.9 Å². The van der Waals surface area contributed by atoms with Crippen molar-refractivity contribution >= 4 is 0 Å². The molecular weight excluding hydrogens is 96.1 g/mol. The van der Waals surface area contributed by atoms with Crippen LogP contribution in [0.2, 0.25) is 0 Å². The van der Waals surface area contributed by atoms with Gasteiger partial charge in [0.15, 0.2) is 0 Å². The van der Waals surface area contributed by atoms with Gasteiger partial charge in [0.25, 0.3) is 0 Å². The van der Waals surface area contributed by atoms with Gasteiger partial charge >= 0.3 is 0 Å². The van der Waals surface area contributed by atoms with Crippen molar-refractivity contribution in [1.29, 1.82) is 0 Å². The molecule has 0 N–H and O–H groups in total. The van der Waals surface area contributed by atoms with E-state index in [0.29, 0.717) is 0 Å². The van der Waals surface area contributed by atoms with E-state index in [1.54, 1.807) is 0 Å². The highest BCUT2D eigenvalue weighted by Crippen LogP contribution is 2.41. The molecule has 0 saturated heterocycles. The molecule has 1 aliphatic carbocycles. The van der Waals surface area contributed by atoms with Gasteiger partial charge in [-0.3, -0.25) is 0 Å². The molecule has 0 spiro atoms. The van der Waals surface area contributed by atoms with Gasteiger partial charge in [0, 0.05) is 9.60 Å². The molecule has 1 saturated carbocycles. The molecule has 0 heteroatoms. The van der Waals surface area contributed by atoms with E-state index in [-0.39, 0.29) is 0 Å². The zero-order valence-corrected chi connectivity index (χ0v) is 5.50. The molecular formula is C8H16. The Kier molecular flexibility index (Phi) is 0.381. The van der Waals surface area contributed by atoms with Gasteiger partial charge in [-0.15, -0.1) is 0 Å². The molecule has 0 nitrogen and oxygen atoms in total. The van der Waals surface area contributed by atoms with Crippen LogP contribution in [0.3, 0.4) is 0 Å². The van der Waals surface area contributed by atoms with Crippen molar-refractivity contribution in [2.75, 3.05) is 0 Å². The maximum absolute atomic E-state index is 7.95. The Morgan fingerprint density at radius 2 is 2.38 bits per heavy atom. The SMILES string of the molecule is [2H]C1([2H])C([2H])([2H])C([2H])(C)C(C)(C)C1([2H])[2H]. The van der Waals surface area contributed by atoms with Crippen LogP contribution in [0.1, 0.15) is 49.5 Å². The van der Waals surface area contributed by atoms with Crippen LogP contribution in [0.5, 0.6) is 0 Å². The van der Waals surface area contributed by atoms with Gasteiger partial charge in [0.1, 0.15) is 0 Å². The highest BCUT2D eigenvalue weighted by atomic mass is 14.4. The number of hydrogen-bond donors (Lipinski definition) is 0. The van der Waals surface area contributed by atoms with Crippen LogP contribution in [-0.4, -0.2) is 0 Å². The van der Waals surface area contributed by atoms with E-state index in [1.165, 1.54) is 20.8 Å². The quantitative estimate of drug-likeness (QED) is 0.460. The monoisotopic (exact) mass is 119 g/mol. The Hall–Kier alpha value is 0. The molecule has 1 unspecified atom stereocenters. The summed E-state index contributed by atoms with van der Waals surface area (Å²) in [6.45, 7) is 4.07. The second kappa shape index (κ2) is 1.75. The molecule has 0 aromatic heterocycles. The Balaban J connectivity index is 3.55. The minimum absolute atomic E-state index is 1.26. The normalized spacial score (nSPS) is 76.6. The lowest BCUT2D eigenvalue weighted by molar-refractivity contribution is 0.281. The van der Waals surface area contributed by atoms with Crippen LogP contribution in [0.25, 0.3) is 0 Å². The molecule has 0 aromatic rings. The summed E-state index contributed by atoms with van der Waals surface area (Å²) in [6.07, 6.45) is -7.56. The molecule has 8 heavy (non-hydrogen) atoms. The molecule has 0 heterocycles. The second-order valence-electron chi connectivity index (χ2n) is 2.62. The van der Waals surface area contributed by atoms with E-state index < -0.39 is 30.4 Å². The van der Waals surface area contributed by atoms with Crippen LogP contribution in [-0.2, 0) is 0 Å². The summed E-state index contributed by atoms with van der Waals surface area (Å²) in [4.78, 5) is 0. The molecule has 48 valence electrons. The van der Waals surface area contributed by atoms with Crippen molar-refractivity contribution in [2.24, 2.45) is 11.3 Å². The van der Waals surface area contributed by atoms with E-state index >= 15 is 0 Å². The third kappa shape index (κ3) is 0.888. The molecule has 0 bridgehead atoms. The van der Waals surface area contributed by atoms with E-state index in [4.69, 9.17) is 9.60 Å². The highest BCUT2D eigenvalue weighted by Gasteiger charge is 2.30. The van der Waals surface area contributed by atoms with Gasteiger partial charge in [0.05, 0.1) is 0 Å². The topological polar surface area (TPSA) is 0 Å². The standard InChI is InChI=1S/C8H16/c1-7-5-4-6-8(7,2)3/h7H,4-6H2,1-3H3/i4D2,5D2,6D2,7D. The van der Waals surface area contributed by atoms with Crippen molar-refractivity contribution in [3.8, 4) is 0 Å². The highest BCUT2D eigenvalue weighted by molar-refractivity contribution is 4.81. The van der Waals surface area contributed by atoms with Crippen LogP contribution in [0.4, 0.5) is 0 Å². The van der Waals surface area contributed by atoms with Gasteiger partial charge in [-0.25, -0.2) is 0 Å². The Labute approximate surface area is 62.1 Å². The maximum atomic E-state index is 7.95. The summed E-state index contributed by atoms with van der Waals surface area (Å²) in [7, 11) is 0. The lowest BCUT2D eigenvalue weighted by Crippen LogP contribution is -2.13.